The second kappa shape index (κ2) is 2.37. The van der Waals surface area contributed by atoms with E-state index in [1.807, 2.05) is 4.57 Å². The van der Waals surface area contributed by atoms with Gasteiger partial charge in [-0.05, 0) is 0 Å². The van der Waals surface area contributed by atoms with Gasteiger partial charge in [0.15, 0.2) is 10.9 Å². The maximum absolute atomic E-state index is 11.0. The lowest BCUT2D eigenvalue weighted by atomic mass is 10.3. The van der Waals surface area contributed by atoms with Gasteiger partial charge in [0.05, 0.1) is 6.20 Å². The molecule has 2 heterocycles. The van der Waals surface area contributed by atoms with Crippen LogP contribution in [0.15, 0.2) is 11.4 Å². The summed E-state index contributed by atoms with van der Waals surface area (Å²) < 4.78 is 1.98. The number of carbonyl (C=O) groups is 1. The fourth-order valence-corrected chi connectivity index (χ4v) is 2.13. The molecule has 0 bridgehead atoms. The van der Waals surface area contributed by atoms with E-state index in [1.165, 1.54) is 0 Å². The molecular formula is C7H8N2OS. The van der Waals surface area contributed by atoms with Crippen LogP contribution in [0.1, 0.15) is 17.4 Å². The van der Waals surface area contributed by atoms with E-state index < -0.39 is 0 Å². The Balaban J connectivity index is 2.50. The van der Waals surface area contributed by atoms with Crippen LogP contribution in [-0.2, 0) is 6.54 Å². The Labute approximate surface area is 68.8 Å². The van der Waals surface area contributed by atoms with Crippen LogP contribution in [0.5, 0.6) is 0 Å². The number of carbonyl (C=O) groups excluding carboxylic acids is 1. The third kappa shape index (κ3) is 0.976. The third-order valence-corrected chi connectivity index (χ3v) is 2.70. The lowest BCUT2D eigenvalue weighted by Gasteiger charge is -1.97. The van der Waals surface area contributed by atoms with Gasteiger partial charge in [0.25, 0.3) is 0 Å². The van der Waals surface area contributed by atoms with E-state index in [9.17, 15) is 4.79 Å². The van der Waals surface area contributed by atoms with Crippen molar-refractivity contribution in [2.45, 2.75) is 18.6 Å². The van der Waals surface area contributed by atoms with E-state index in [0.29, 0.717) is 0 Å². The van der Waals surface area contributed by atoms with Gasteiger partial charge < -0.3 is 4.57 Å². The van der Waals surface area contributed by atoms with Crippen molar-refractivity contribution in [1.29, 1.82) is 0 Å². The van der Waals surface area contributed by atoms with Crippen molar-refractivity contribution in [3.63, 3.8) is 0 Å². The number of rotatable bonds is 1. The zero-order valence-electron chi connectivity index (χ0n) is 6.20. The molecule has 4 heteroatoms. The normalized spacial score (nSPS) is 15.0. The van der Waals surface area contributed by atoms with Gasteiger partial charge in [0, 0.05) is 19.2 Å². The van der Waals surface area contributed by atoms with Crippen LogP contribution in [-0.4, -0.2) is 21.1 Å². The van der Waals surface area contributed by atoms with E-state index in [4.69, 9.17) is 0 Å². The molecular weight excluding hydrogens is 160 g/mol. The highest BCUT2D eigenvalue weighted by Crippen LogP contribution is 2.25. The summed E-state index contributed by atoms with van der Waals surface area (Å²) in [6.07, 6.45) is 1.66. The molecule has 2 rings (SSSR count). The first-order valence-corrected chi connectivity index (χ1v) is 4.47. The molecule has 0 atom stereocenters. The number of aromatic nitrogens is 2. The fraction of sp³-hybridized carbons (Fsp3) is 0.429. The quantitative estimate of drug-likeness (QED) is 0.591. The number of hydrogen-bond acceptors (Lipinski definition) is 3. The topological polar surface area (TPSA) is 34.9 Å². The maximum atomic E-state index is 11.0. The van der Waals surface area contributed by atoms with Crippen molar-refractivity contribution in [1.82, 2.24) is 9.55 Å². The average Bonchev–Trinajstić information content (AvgIpc) is 2.41. The van der Waals surface area contributed by atoms with Crippen molar-refractivity contribution < 1.29 is 4.79 Å². The van der Waals surface area contributed by atoms with E-state index in [2.05, 4.69) is 4.98 Å². The Kier molecular flexibility index (Phi) is 1.49. The van der Waals surface area contributed by atoms with Crippen molar-refractivity contribution in [2.24, 2.45) is 0 Å². The lowest BCUT2D eigenvalue weighted by Crippen LogP contribution is -2.03. The summed E-state index contributed by atoms with van der Waals surface area (Å²) in [5, 5.41) is 0.982. The van der Waals surface area contributed by atoms with Gasteiger partial charge in [-0.25, -0.2) is 4.98 Å². The second-order valence-corrected chi connectivity index (χ2v) is 3.54. The van der Waals surface area contributed by atoms with Gasteiger partial charge in [-0.1, -0.05) is 11.8 Å². The highest BCUT2D eigenvalue weighted by atomic mass is 32.2. The van der Waals surface area contributed by atoms with Gasteiger partial charge >= 0.3 is 0 Å². The minimum Gasteiger partial charge on any atom is -0.316 e. The molecule has 11 heavy (non-hydrogen) atoms. The van der Waals surface area contributed by atoms with Crippen LogP contribution in [0.25, 0.3) is 0 Å². The molecule has 0 unspecified atom stereocenters. The monoisotopic (exact) mass is 168 g/mol. The lowest BCUT2D eigenvalue weighted by molar-refractivity contribution is 0.100. The first kappa shape index (κ1) is 6.91. The zero-order chi connectivity index (χ0) is 7.84. The number of imidazole rings is 1. The maximum Gasteiger partial charge on any atom is 0.177 e. The fourth-order valence-electron chi connectivity index (χ4n) is 1.20. The molecule has 0 amide bonds. The third-order valence-electron chi connectivity index (χ3n) is 1.73. The summed E-state index contributed by atoms with van der Waals surface area (Å²) in [4.78, 5) is 15.1. The average molecular weight is 168 g/mol. The van der Waals surface area contributed by atoms with Gasteiger partial charge in [0.1, 0.15) is 5.69 Å². The van der Waals surface area contributed by atoms with E-state index >= 15 is 0 Å². The molecule has 0 radical (unpaired) electrons. The van der Waals surface area contributed by atoms with Crippen molar-refractivity contribution in [3.8, 4) is 0 Å². The molecule has 1 aromatic rings. The SMILES string of the molecule is CC(=O)c1cnc2n1CCS2. The molecule has 1 aromatic heterocycles. The molecule has 0 aliphatic carbocycles. The number of fused-ring (bicyclic) bond motifs is 1. The smallest absolute Gasteiger partial charge is 0.177 e. The summed E-state index contributed by atoms with van der Waals surface area (Å²) in [5.41, 5.74) is 0.741. The second-order valence-electron chi connectivity index (χ2n) is 2.48. The summed E-state index contributed by atoms with van der Waals surface area (Å²) in [7, 11) is 0. The number of thioether (sulfide) groups is 1. The summed E-state index contributed by atoms with van der Waals surface area (Å²) in [6.45, 7) is 2.50. The molecule has 1 aliphatic rings. The summed E-state index contributed by atoms with van der Waals surface area (Å²) >= 11 is 1.71. The molecule has 58 valence electrons. The molecule has 0 fully saturated rings. The van der Waals surface area contributed by atoms with Crippen molar-refractivity contribution >= 4 is 17.5 Å². The largest absolute Gasteiger partial charge is 0.316 e. The number of ketones is 1. The van der Waals surface area contributed by atoms with E-state index in [1.54, 1.807) is 24.9 Å². The Bertz CT molecular complexity index is 305. The van der Waals surface area contributed by atoms with Crippen LogP contribution in [0.2, 0.25) is 0 Å². The van der Waals surface area contributed by atoms with Gasteiger partial charge in [-0.15, -0.1) is 0 Å². The molecule has 0 saturated heterocycles. The van der Waals surface area contributed by atoms with Crippen LogP contribution in [0.3, 0.4) is 0 Å². The molecule has 3 nitrogen and oxygen atoms in total. The highest BCUT2D eigenvalue weighted by molar-refractivity contribution is 7.99. The Morgan fingerprint density at radius 2 is 2.64 bits per heavy atom. The van der Waals surface area contributed by atoms with E-state index in [0.717, 1.165) is 23.1 Å². The molecule has 0 aromatic carbocycles. The van der Waals surface area contributed by atoms with Crippen LogP contribution < -0.4 is 0 Å². The predicted octanol–water partition coefficient (Wildman–Crippen LogP) is 1.19. The molecule has 0 saturated carbocycles. The predicted molar refractivity (Wildman–Crippen MR) is 43.0 cm³/mol. The van der Waals surface area contributed by atoms with Crippen LogP contribution in [0, 0.1) is 0 Å². The Morgan fingerprint density at radius 1 is 1.82 bits per heavy atom. The van der Waals surface area contributed by atoms with Gasteiger partial charge in [-0.3, -0.25) is 4.79 Å². The molecule has 1 aliphatic heterocycles. The van der Waals surface area contributed by atoms with Gasteiger partial charge in [0.2, 0.25) is 0 Å². The minimum absolute atomic E-state index is 0.103. The van der Waals surface area contributed by atoms with Crippen LogP contribution >= 0.6 is 11.8 Å². The Morgan fingerprint density at radius 3 is 3.36 bits per heavy atom. The van der Waals surface area contributed by atoms with Crippen molar-refractivity contribution in [3.05, 3.63) is 11.9 Å². The molecule has 0 N–H and O–H groups in total. The zero-order valence-corrected chi connectivity index (χ0v) is 7.02. The van der Waals surface area contributed by atoms with Crippen LogP contribution in [0.4, 0.5) is 0 Å². The number of Topliss-reactive ketones (excluding diaryl/α,β-unsaturated/α-hetero) is 1. The highest BCUT2D eigenvalue weighted by Gasteiger charge is 2.17. The summed E-state index contributed by atoms with van der Waals surface area (Å²) in [5.74, 6) is 1.15. The van der Waals surface area contributed by atoms with E-state index in [-0.39, 0.29) is 5.78 Å². The minimum atomic E-state index is 0.103. The first-order valence-electron chi connectivity index (χ1n) is 3.48. The first-order chi connectivity index (χ1) is 5.29. The summed E-state index contributed by atoms with van der Waals surface area (Å²) in [6, 6.07) is 0. The number of nitrogens with zero attached hydrogens (tertiary/aromatic N) is 2. The van der Waals surface area contributed by atoms with Gasteiger partial charge in [-0.2, -0.15) is 0 Å². The standard InChI is InChI=1S/C7H8N2OS/c1-5(10)6-4-8-7-9(6)2-3-11-7/h4H,2-3H2,1H3. The number of hydrogen-bond donors (Lipinski definition) is 0. The van der Waals surface area contributed by atoms with Crippen molar-refractivity contribution in [2.75, 3.05) is 5.75 Å². The Hall–Kier alpha value is -0.770. The molecule has 0 spiro atoms.